The third-order valence-corrected chi connectivity index (χ3v) is 1.89. The number of aromatic nitrogens is 1. The normalized spacial score (nSPS) is 9.46. The first kappa shape index (κ1) is 10.1. The number of nitrogens with one attached hydrogen (secondary N) is 2. The van der Waals surface area contributed by atoms with Crippen molar-refractivity contribution in [2.24, 2.45) is 0 Å². The van der Waals surface area contributed by atoms with Crippen LogP contribution in [0.1, 0.15) is 0 Å². The van der Waals surface area contributed by atoms with Crippen LogP contribution in [0.5, 0.6) is 0 Å². The van der Waals surface area contributed by atoms with E-state index >= 15 is 0 Å². The van der Waals surface area contributed by atoms with E-state index in [1.165, 1.54) is 19.4 Å². The smallest absolute Gasteiger partial charge is 0.319 e. The monoisotopic (exact) mass is 219 g/mol. The minimum absolute atomic E-state index is 0.302. The molecule has 2 amide bonds. The summed E-state index contributed by atoms with van der Waals surface area (Å²) in [4.78, 5) is 14.7. The average Bonchev–Trinajstić information content (AvgIpc) is 2.11. The molecule has 1 heterocycles. The fourth-order valence-corrected chi connectivity index (χ4v) is 1.17. The van der Waals surface area contributed by atoms with Crippen molar-refractivity contribution >= 4 is 34.9 Å². The zero-order valence-corrected chi connectivity index (χ0v) is 8.28. The summed E-state index contributed by atoms with van der Waals surface area (Å²) in [6.45, 7) is 0. The summed E-state index contributed by atoms with van der Waals surface area (Å²) in [5.74, 6) is 0. The van der Waals surface area contributed by atoms with Gasteiger partial charge in [-0.3, -0.25) is 4.98 Å². The van der Waals surface area contributed by atoms with E-state index in [0.717, 1.165) is 0 Å². The Hall–Kier alpha value is -1.00. The highest BCUT2D eigenvalue weighted by molar-refractivity contribution is 6.39. The number of carbonyl (C=O) groups excluding carboxylic acids is 1. The molecule has 1 aromatic rings. The first-order valence-corrected chi connectivity index (χ1v) is 4.18. The maximum absolute atomic E-state index is 10.9. The van der Waals surface area contributed by atoms with Crippen LogP contribution in [-0.4, -0.2) is 18.1 Å². The Bertz CT molecular complexity index is 309. The average molecular weight is 220 g/mol. The molecule has 0 unspecified atom stereocenters. The molecule has 0 aromatic carbocycles. The topological polar surface area (TPSA) is 54.0 Å². The number of carbonyl (C=O) groups is 1. The fourth-order valence-electron chi connectivity index (χ4n) is 0.707. The highest BCUT2D eigenvalue weighted by Gasteiger charge is 2.07. The van der Waals surface area contributed by atoms with Gasteiger partial charge in [-0.25, -0.2) is 4.79 Å². The standard InChI is InChI=1S/C7H7Cl2N3O/c1-10-7(13)12-6-4(8)2-11-3-5(6)9/h2-3H,1H3,(H2,10,11,12,13). The van der Waals surface area contributed by atoms with Gasteiger partial charge in [-0.1, -0.05) is 23.2 Å². The second-order valence-electron chi connectivity index (χ2n) is 2.18. The molecular weight excluding hydrogens is 213 g/mol. The molecule has 1 aromatic heterocycles. The highest BCUT2D eigenvalue weighted by Crippen LogP contribution is 2.28. The largest absolute Gasteiger partial charge is 0.341 e. The lowest BCUT2D eigenvalue weighted by Crippen LogP contribution is -2.24. The number of pyridine rings is 1. The maximum Gasteiger partial charge on any atom is 0.319 e. The number of amides is 2. The van der Waals surface area contributed by atoms with Crippen LogP contribution < -0.4 is 10.6 Å². The molecule has 2 N–H and O–H groups in total. The van der Waals surface area contributed by atoms with Crippen molar-refractivity contribution in [1.29, 1.82) is 0 Å². The van der Waals surface area contributed by atoms with E-state index in [-0.39, 0.29) is 6.03 Å². The Morgan fingerprint density at radius 3 is 2.38 bits per heavy atom. The molecule has 0 radical (unpaired) electrons. The Morgan fingerprint density at radius 1 is 1.38 bits per heavy atom. The van der Waals surface area contributed by atoms with Crippen molar-refractivity contribution in [2.75, 3.05) is 12.4 Å². The predicted octanol–water partition coefficient (Wildman–Crippen LogP) is 2.14. The maximum atomic E-state index is 10.9. The van der Waals surface area contributed by atoms with E-state index in [1.807, 2.05) is 0 Å². The minimum Gasteiger partial charge on any atom is -0.341 e. The second-order valence-corrected chi connectivity index (χ2v) is 3.00. The van der Waals surface area contributed by atoms with Crippen molar-refractivity contribution in [3.8, 4) is 0 Å². The number of hydrogen-bond donors (Lipinski definition) is 2. The van der Waals surface area contributed by atoms with Gasteiger partial charge in [0.15, 0.2) is 0 Å². The Morgan fingerprint density at radius 2 is 1.92 bits per heavy atom. The van der Waals surface area contributed by atoms with Crippen molar-refractivity contribution < 1.29 is 4.79 Å². The number of nitrogens with zero attached hydrogens (tertiary/aromatic N) is 1. The lowest BCUT2D eigenvalue weighted by atomic mass is 10.4. The molecule has 0 saturated carbocycles. The summed E-state index contributed by atoms with van der Waals surface area (Å²) >= 11 is 11.5. The van der Waals surface area contributed by atoms with Gasteiger partial charge in [0, 0.05) is 19.4 Å². The van der Waals surface area contributed by atoms with E-state index in [1.54, 1.807) is 0 Å². The number of anilines is 1. The molecule has 0 aliphatic heterocycles. The van der Waals surface area contributed by atoms with Crippen LogP contribution in [0.3, 0.4) is 0 Å². The van der Waals surface area contributed by atoms with Crippen LogP contribution in [0.4, 0.5) is 10.5 Å². The number of rotatable bonds is 1. The van der Waals surface area contributed by atoms with Crippen LogP contribution in [0.15, 0.2) is 12.4 Å². The Labute approximate surface area is 85.2 Å². The van der Waals surface area contributed by atoms with Crippen molar-refractivity contribution in [3.05, 3.63) is 22.4 Å². The number of urea groups is 1. The van der Waals surface area contributed by atoms with Crippen molar-refractivity contribution in [2.45, 2.75) is 0 Å². The predicted molar refractivity (Wildman–Crippen MR) is 52.3 cm³/mol. The van der Waals surface area contributed by atoms with Crippen molar-refractivity contribution in [1.82, 2.24) is 10.3 Å². The van der Waals surface area contributed by atoms with E-state index in [4.69, 9.17) is 23.2 Å². The molecule has 0 spiro atoms. The van der Waals surface area contributed by atoms with E-state index < -0.39 is 0 Å². The first-order valence-electron chi connectivity index (χ1n) is 3.43. The SMILES string of the molecule is CNC(=O)Nc1c(Cl)cncc1Cl. The van der Waals surface area contributed by atoms with Crippen LogP contribution >= 0.6 is 23.2 Å². The van der Waals surface area contributed by atoms with Crippen LogP contribution in [-0.2, 0) is 0 Å². The molecule has 0 bridgehead atoms. The van der Waals surface area contributed by atoms with Gasteiger partial charge in [0.25, 0.3) is 0 Å². The van der Waals surface area contributed by atoms with E-state index in [2.05, 4.69) is 15.6 Å². The molecule has 0 aliphatic rings. The van der Waals surface area contributed by atoms with Gasteiger partial charge in [0.1, 0.15) is 0 Å². The van der Waals surface area contributed by atoms with E-state index in [9.17, 15) is 4.79 Å². The van der Waals surface area contributed by atoms with Gasteiger partial charge in [-0.05, 0) is 0 Å². The minimum atomic E-state index is -0.380. The molecule has 4 nitrogen and oxygen atoms in total. The third-order valence-electron chi connectivity index (χ3n) is 1.32. The van der Waals surface area contributed by atoms with Gasteiger partial charge in [0.05, 0.1) is 15.7 Å². The van der Waals surface area contributed by atoms with Gasteiger partial charge in [-0.2, -0.15) is 0 Å². The lowest BCUT2D eigenvalue weighted by molar-refractivity contribution is 0.254. The fraction of sp³-hybridized carbons (Fsp3) is 0.143. The summed E-state index contributed by atoms with van der Waals surface area (Å²) < 4.78 is 0. The molecular formula is C7H7Cl2N3O. The second kappa shape index (κ2) is 4.30. The van der Waals surface area contributed by atoms with Crippen molar-refractivity contribution in [3.63, 3.8) is 0 Å². The van der Waals surface area contributed by atoms with Gasteiger partial charge < -0.3 is 10.6 Å². The molecule has 1 rings (SSSR count). The Kier molecular flexibility index (Phi) is 3.33. The van der Waals surface area contributed by atoms with Gasteiger partial charge >= 0.3 is 6.03 Å². The summed E-state index contributed by atoms with van der Waals surface area (Å²) in [6.07, 6.45) is 2.80. The summed E-state index contributed by atoms with van der Waals surface area (Å²) in [5, 5.41) is 5.46. The van der Waals surface area contributed by atoms with Crippen LogP contribution in [0.25, 0.3) is 0 Å². The Balaban J connectivity index is 2.93. The zero-order valence-electron chi connectivity index (χ0n) is 6.77. The van der Waals surface area contributed by atoms with Crippen LogP contribution in [0.2, 0.25) is 10.0 Å². The van der Waals surface area contributed by atoms with Gasteiger partial charge in [0.2, 0.25) is 0 Å². The molecule has 70 valence electrons. The molecule has 6 heteroatoms. The molecule has 0 aliphatic carbocycles. The lowest BCUT2D eigenvalue weighted by Gasteiger charge is -2.07. The molecule has 13 heavy (non-hydrogen) atoms. The summed E-state index contributed by atoms with van der Waals surface area (Å²) in [7, 11) is 1.50. The first-order chi connectivity index (χ1) is 6.15. The highest BCUT2D eigenvalue weighted by atomic mass is 35.5. The number of hydrogen-bond acceptors (Lipinski definition) is 2. The molecule has 0 fully saturated rings. The van der Waals surface area contributed by atoms with Gasteiger partial charge in [-0.15, -0.1) is 0 Å². The molecule has 0 saturated heterocycles. The third kappa shape index (κ3) is 2.47. The summed E-state index contributed by atoms with van der Waals surface area (Å²) in [5.41, 5.74) is 0.359. The zero-order chi connectivity index (χ0) is 9.84. The molecule has 0 atom stereocenters. The van der Waals surface area contributed by atoms with E-state index in [0.29, 0.717) is 15.7 Å². The van der Waals surface area contributed by atoms with Crippen LogP contribution in [0, 0.1) is 0 Å². The number of halogens is 2. The summed E-state index contributed by atoms with van der Waals surface area (Å²) in [6, 6.07) is -0.380. The quantitative estimate of drug-likeness (QED) is 0.761.